The Hall–Kier alpha value is -2.60. The Labute approximate surface area is 168 Å². The second-order valence-electron chi connectivity index (χ2n) is 8.27. The molecule has 0 unspecified atom stereocenters. The van der Waals surface area contributed by atoms with Gasteiger partial charge in [0.1, 0.15) is 0 Å². The molecule has 0 amide bonds. The van der Waals surface area contributed by atoms with E-state index in [0.29, 0.717) is 0 Å². The zero-order valence-corrected chi connectivity index (χ0v) is 16.6. The molecule has 140 valence electrons. The van der Waals surface area contributed by atoms with E-state index in [1.807, 2.05) is 0 Å². The Bertz CT molecular complexity index is 1090. The van der Waals surface area contributed by atoms with Crippen LogP contribution in [-0.4, -0.2) is 0 Å². The molecule has 0 fully saturated rings. The lowest BCUT2D eigenvalue weighted by molar-refractivity contribution is 0.685. The highest BCUT2D eigenvalue weighted by atomic mass is 14.2. The minimum Gasteiger partial charge on any atom is -0.0620 e. The summed E-state index contributed by atoms with van der Waals surface area (Å²) in [6.07, 6.45) is 10.6. The van der Waals surface area contributed by atoms with Gasteiger partial charge in [-0.25, -0.2) is 0 Å². The van der Waals surface area contributed by atoms with Gasteiger partial charge in [-0.2, -0.15) is 0 Å². The highest BCUT2D eigenvalue weighted by Gasteiger charge is 2.13. The smallest absolute Gasteiger partial charge is 0.0102 e. The molecule has 0 saturated carbocycles. The van der Waals surface area contributed by atoms with Crippen LogP contribution in [0, 0.1) is 0 Å². The predicted molar refractivity (Wildman–Crippen MR) is 121 cm³/mol. The van der Waals surface area contributed by atoms with Crippen LogP contribution >= 0.6 is 0 Å². The number of hydrogen-bond donors (Lipinski definition) is 0. The van der Waals surface area contributed by atoms with Crippen molar-refractivity contribution < 1.29 is 0 Å². The van der Waals surface area contributed by atoms with Crippen LogP contribution in [-0.2, 0) is 25.7 Å². The van der Waals surface area contributed by atoms with Gasteiger partial charge in [0, 0.05) is 0 Å². The van der Waals surface area contributed by atoms with E-state index in [9.17, 15) is 0 Å². The third-order valence-corrected chi connectivity index (χ3v) is 6.52. The molecule has 0 spiro atoms. The van der Waals surface area contributed by atoms with Crippen molar-refractivity contribution in [3.05, 3.63) is 95.1 Å². The Morgan fingerprint density at radius 3 is 1.79 bits per heavy atom. The minimum atomic E-state index is 1.25. The maximum Gasteiger partial charge on any atom is -0.0102 e. The van der Waals surface area contributed by atoms with Gasteiger partial charge in [-0.15, -0.1) is 0 Å². The maximum absolute atomic E-state index is 2.35. The van der Waals surface area contributed by atoms with Crippen molar-refractivity contribution in [2.45, 2.75) is 51.4 Å². The molecule has 0 nitrogen and oxygen atoms in total. The Balaban J connectivity index is 0.000000145. The maximum atomic E-state index is 2.35. The van der Waals surface area contributed by atoms with Crippen LogP contribution < -0.4 is 0 Å². The van der Waals surface area contributed by atoms with Crippen LogP contribution in [0.1, 0.15) is 47.9 Å². The van der Waals surface area contributed by atoms with Gasteiger partial charge < -0.3 is 0 Å². The van der Waals surface area contributed by atoms with Gasteiger partial charge in [0.05, 0.1) is 0 Å². The van der Waals surface area contributed by atoms with Crippen molar-refractivity contribution in [1.82, 2.24) is 0 Å². The summed E-state index contributed by atoms with van der Waals surface area (Å²) < 4.78 is 0. The molecule has 0 aromatic heterocycles. The summed E-state index contributed by atoms with van der Waals surface area (Å²) in [5, 5.41) is 5.64. The number of benzene rings is 4. The molecular formula is C28H28. The van der Waals surface area contributed by atoms with Crippen molar-refractivity contribution in [2.24, 2.45) is 0 Å². The molecule has 4 aromatic carbocycles. The van der Waals surface area contributed by atoms with Gasteiger partial charge in [0.15, 0.2) is 0 Å². The standard InChI is InChI=1S/C18H16.C10H12/c1-3-7-15-13(5-1)9-11-18-16-8-4-2-6-14(16)10-12-17(15)18;1-2-6-10-8-4-3-7-9(10)5-1/h1,3,5,7,9-12H,2,4,6,8H2;1-2,5-6H,3-4,7-8H2. The van der Waals surface area contributed by atoms with Crippen LogP contribution in [0.3, 0.4) is 0 Å². The van der Waals surface area contributed by atoms with Crippen LogP contribution in [0.15, 0.2) is 72.8 Å². The summed E-state index contributed by atoms with van der Waals surface area (Å²) in [5.41, 5.74) is 6.33. The van der Waals surface area contributed by atoms with E-state index in [2.05, 4.69) is 72.8 Å². The summed E-state index contributed by atoms with van der Waals surface area (Å²) in [4.78, 5) is 0. The highest BCUT2D eigenvalue weighted by Crippen LogP contribution is 2.33. The van der Waals surface area contributed by atoms with E-state index >= 15 is 0 Å². The van der Waals surface area contributed by atoms with Gasteiger partial charge >= 0.3 is 0 Å². The molecule has 0 heteroatoms. The monoisotopic (exact) mass is 364 g/mol. The van der Waals surface area contributed by atoms with Crippen LogP contribution in [0.4, 0.5) is 0 Å². The lowest BCUT2D eigenvalue weighted by Crippen LogP contribution is -2.02. The molecule has 0 atom stereocenters. The number of aryl methyl sites for hydroxylation is 4. The van der Waals surface area contributed by atoms with Crippen molar-refractivity contribution in [1.29, 1.82) is 0 Å². The first-order valence-electron chi connectivity index (χ1n) is 10.9. The predicted octanol–water partition coefficient (Wildman–Crippen LogP) is 7.44. The lowest BCUT2D eigenvalue weighted by atomic mass is 9.86. The molecule has 2 aliphatic carbocycles. The number of fused-ring (bicyclic) bond motifs is 6. The normalized spacial score (nSPS) is 15.4. The molecule has 0 radical (unpaired) electrons. The molecule has 0 aliphatic heterocycles. The van der Waals surface area contributed by atoms with E-state index in [1.54, 1.807) is 22.3 Å². The van der Waals surface area contributed by atoms with E-state index in [-0.39, 0.29) is 0 Å². The van der Waals surface area contributed by atoms with Gasteiger partial charge in [-0.3, -0.25) is 0 Å². The van der Waals surface area contributed by atoms with Crippen LogP contribution in [0.2, 0.25) is 0 Å². The molecule has 6 rings (SSSR count). The first-order chi connectivity index (χ1) is 13.9. The van der Waals surface area contributed by atoms with Crippen LogP contribution in [0.5, 0.6) is 0 Å². The third kappa shape index (κ3) is 3.33. The summed E-state index contributed by atoms with van der Waals surface area (Å²) in [6.45, 7) is 0. The number of hydrogen-bond acceptors (Lipinski definition) is 0. The van der Waals surface area contributed by atoms with Gasteiger partial charge in [-0.05, 0) is 95.2 Å². The number of rotatable bonds is 0. The molecule has 0 N–H and O–H groups in total. The van der Waals surface area contributed by atoms with Crippen LogP contribution in [0.25, 0.3) is 21.5 Å². The van der Waals surface area contributed by atoms with Gasteiger partial charge in [0.2, 0.25) is 0 Å². The van der Waals surface area contributed by atoms with Crippen molar-refractivity contribution in [3.8, 4) is 0 Å². The Kier molecular flexibility index (Phi) is 4.87. The van der Waals surface area contributed by atoms with E-state index in [0.717, 1.165) is 0 Å². The quantitative estimate of drug-likeness (QED) is 0.284. The zero-order chi connectivity index (χ0) is 18.8. The highest BCUT2D eigenvalue weighted by molar-refractivity contribution is 6.08. The molecular weight excluding hydrogens is 336 g/mol. The third-order valence-electron chi connectivity index (χ3n) is 6.52. The summed E-state index contributed by atoms with van der Waals surface area (Å²) in [7, 11) is 0. The fourth-order valence-electron chi connectivity index (χ4n) is 5.02. The first-order valence-corrected chi connectivity index (χ1v) is 10.9. The fraction of sp³-hybridized carbons (Fsp3) is 0.286. The lowest BCUT2D eigenvalue weighted by Gasteiger charge is -2.18. The van der Waals surface area contributed by atoms with E-state index in [1.165, 1.54) is 72.9 Å². The SMILES string of the molecule is c1ccc2c(c1)CCCC2.c1ccc2c(c1)ccc1c3c(ccc12)CCCC3. The second-order valence-corrected chi connectivity index (χ2v) is 8.27. The van der Waals surface area contributed by atoms with Crippen molar-refractivity contribution >= 4 is 21.5 Å². The van der Waals surface area contributed by atoms with Gasteiger partial charge in [0.25, 0.3) is 0 Å². The van der Waals surface area contributed by atoms with Crippen molar-refractivity contribution in [3.63, 3.8) is 0 Å². The minimum absolute atomic E-state index is 1.25. The van der Waals surface area contributed by atoms with E-state index in [4.69, 9.17) is 0 Å². The average molecular weight is 365 g/mol. The topological polar surface area (TPSA) is 0 Å². The molecule has 4 aromatic rings. The molecule has 2 aliphatic rings. The largest absolute Gasteiger partial charge is 0.0620 e. The summed E-state index contributed by atoms with van der Waals surface area (Å²) >= 11 is 0. The fourth-order valence-corrected chi connectivity index (χ4v) is 5.02. The molecule has 0 heterocycles. The van der Waals surface area contributed by atoms with Gasteiger partial charge in [-0.1, -0.05) is 72.8 Å². The summed E-state index contributed by atoms with van der Waals surface area (Å²) in [5.74, 6) is 0. The first kappa shape index (κ1) is 17.5. The second kappa shape index (κ2) is 7.80. The van der Waals surface area contributed by atoms with E-state index < -0.39 is 0 Å². The average Bonchev–Trinajstić information content (AvgIpc) is 2.79. The molecule has 0 bridgehead atoms. The molecule has 28 heavy (non-hydrogen) atoms. The Morgan fingerprint density at radius 1 is 0.393 bits per heavy atom. The zero-order valence-electron chi connectivity index (χ0n) is 16.6. The molecule has 0 saturated heterocycles. The van der Waals surface area contributed by atoms with Crippen molar-refractivity contribution in [2.75, 3.05) is 0 Å². The Morgan fingerprint density at radius 2 is 1.00 bits per heavy atom. The summed E-state index contributed by atoms with van der Waals surface area (Å²) in [6, 6.07) is 26.8.